The van der Waals surface area contributed by atoms with Crippen LogP contribution in [0.4, 0.5) is 5.00 Å². The van der Waals surface area contributed by atoms with Gasteiger partial charge in [0.25, 0.3) is 0 Å². The quantitative estimate of drug-likeness (QED) is 0.839. The van der Waals surface area contributed by atoms with E-state index in [9.17, 15) is 4.79 Å². The Balaban J connectivity index is 1.79. The molecule has 4 nitrogen and oxygen atoms in total. The van der Waals surface area contributed by atoms with Crippen molar-refractivity contribution in [2.45, 2.75) is 19.5 Å². The number of rotatable bonds is 3. The van der Waals surface area contributed by atoms with Gasteiger partial charge in [-0.05, 0) is 5.56 Å². The molecule has 0 aliphatic carbocycles. The van der Waals surface area contributed by atoms with Crippen LogP contribution < -0.4 is 10.6 Å². The van der Waals surface area contributed by atoms with Gasteiger partial charge in [-0.2, -0.15) is 0 Å². The predicted molar refractivity (Wildman–Crippen MR) is 83.5 cm³/mol. The molecule has 0 fully saturated rings. The molecular weight excluding hydrogens is 284 g/mol. The molecular formula is C16H19N2O2S+. The van der Waals surface area contributed by atoms with E-state index in [1.54, 1.807) is 0 Å². The molecule has 3 rings (SSSR count). The van der Waals surface area contributed by atoms with E-state index in [1.165, 1.54) is 33.8 Å². The fourth-order valence-corrected chi connectivity index (χ4v) is 4.10. The van der Waals surface area contributed by atoms with E-state index in [4.69, 9.17) is 10.5 Å². The summed E-state index contributed by atoms with van der Waals surface area (Å²) >= 11 is 1.53. The highest BCUT2D eigenvalue weighted by atomic mass is 32.1. The summed E-state index contributed by atoms with van der Waals surface area (Å²) < 4.78 is 4.84. The molecule has 110 valence electrons. The largest absolute Gasteiger partial charge is 0.465 e. The van der Waals surface area contributed by atoms with Crippen molar-refractivity contribution < 1.29 is 14.4 Å². The van der Waals surface area contributed by atoms with Crippen molar-refractivity contribution in [2.75, 3.05) is 19.4 Å². The molecule has 2 aromatic rings. The number of fused-ring (bicyclic) bond motifs is 1. The molecule has 0 spiro atoms. The Hall–Kier alpha value is -1.85. The number of hydrogen-bond donors (Lipinski definition) is 2. The molecule has 1 aliphatic heterocycles. The highest BCUT2D eigenvalue weighted by Crippen LogP contribution is 2.32. The second kappa shape index (κ2) is 5.87. The van der Waals surface area contributed by atoms with Crippen molar-refractivity contribution in [3.05, 3.63) is 51.9 Å². The zero-order valence-electron chi connectivity index (χ0n) is 12.0. The van der Waals surface area contributed by atoms with E-state index in [-0.39, 0.29) is 5.97 Å². The Morgan fingerprint density at radius 2 is 2.14 bits per heavy atom. The second-order valence-corrected chi connectivity index (χ2v) is 6.46. The summed E-state index contributed by atoms with van der Waals surface area (Å²) in [6.07, 6.45) is 0.885. The summed E-state index contributed by atoms with van der Waals surface area (Å²) in [6, 6.07) is 10.5. The average molecular weight is 303 g/mol. The lowest BCUT2D eigenvalue weighted by atomic mass is 10.0. The lowest BCUT2D eigenvalue weighted by molar-refractivity contribution is -0.929. The summed E-state index contributed by atoms with van der Waals surface area (Å²) in [6.45, 7) is 2.95. The number of esters is 1. The van der Waals surface area contributed by atoms with Crippen LogP contribution in [0, 0.1) is 0 Å². The van der Waals surface area contributed by atoms with Crippen LogP contribution in [0.5, 0.6) is 0 Å². The standard InChI is InChI=1S/C16H18N2O2S/c1-20-16(19)14-12-7-8-18(10-13(12)21-15(14)17)9-11-5-3-2-4-6-11/h2-6H,7-10,17H2,1H3/p+1. The Morgan fingerprint density at radius 1 is 1.38 bits per heavy atom. The number of quaternary nitrogens is 1. The highest BCUT2D eigenvalue weighted by Gasteiger charge is 2.29. The maximum Gasteiger partial charge on any atom is 0.341 e. The van der Waals surface area contributed by atoms with Crippen LogP contribution in [0.1, 0.15) is 26.4 Å². The number of nitrogens with one attached hydrogen (secondary N) is 1. The molecule has 1 atom stereocenters. The van der Waals surface area contributed by atoms with Gasteiger partial charge in [-0.15, -0.1) is 11.3 Å². The molecule has 2 heterocycles. The van der Waals surface area contributed by atoms with Crippen molar-refractivity contribution in [3.63, 3.8) is 0 Å². The maximum atomic E-state index is 11.8. The van der Waals surface area contributed by atoms with E-state index in [2.05, 4.69) is 24.3 Å². The number of benzene rings is 1. The zero-order valence-corrected chi connectivity index (χ0v) is 12.8. The molecule has 1 aromatic carbocycles. The van der Waals surface area contributed by atoms with Crippen LogP contribution in [0.25, 0.3) is 0 Å². The monoisotopic (exact) mass is 303 g/mol. The lowest BCUT2D eigenvalue weighted by Crippen LogP contribution is -3.10. The Labute approximate surface area is 128 Å². The first-order valence-corrected chi connectivity index (χ1v) is 7.86. The van der Waals surface area contributed by atoms with Gasteiger partial charge in [0.2, 0.25) is 0 Å². The van der Waals surface area contributed by atoms with Crippen molar-refractivity contribution in [1.82, 2.24) is 0 Å². The number of nitrogen functional groups attached to an aromatic ring is 1. The van der Waals surface area contributed by atoms with Gasteiger partial charge < -0.3 is 15.4 Å². The molecule has 21 heavy (non-hydrogen) atoms. The highest BCUT2D eigenvalue weighted by molar-refractivity contribution is 7.16. The third-order valence-corrected chi connectivity index (χ3v) is 5.00. The molecule has 0 saturated heterocycles. The minimum atomic E-state index is -0.309. The summed E-state index contributed by atoms with van der Waals surface area (Å²) in [7, 11) is 1.40. The van der Waals surface area contributed by atoms with E-state index >= 15 is 0 Å². The fraction of sp³-hybridized carbons (Fsp3) is 0.312. The van der Waals surface area contributed by atoms with Crippen LogP contribution in [-0.4, -0.2) is 19.6 Å². The van der Waals surface area contributed by atoms with Gasteiger partial charge >= 0.3 is 5.97 Å². The van der Waals surface area contributed by atoms with Gasteiger partial charge in [-0.25, -0.2) is 4.79 Å². The summed E-state index contributed by atoms with van der Waals surface area (Å²) in [4.78, 5) is 14.6. The van der Waals surface area contributed by atoms with Crippen LogP contribution in [0.15, 0.2) is 30.3 Å². The molecule has 0 saturated carbocycles. The first-order chi connectivity index (χ1) is 10.2. The number of nitrogens with two attached hydrogens (primary N) is 1. The smallest absolute Gasteiger partial charge is 0.341 e. The Kier molecular flexibility index (Phi) is 3.94. The van der Waals surface area contributed by atoms with Crippen LogP contribution in [0.2, 0.25) is 0 Å². The molecule has 3 N–H and O–H groups in total. The minimum Gasteiger partial charge on any atom is -0.465 e. The van der Waals surface area contributed by atoms with Crippen molar-refractivity contribution >= 4 is 22.3 Å². The van der Waals surface area contributed by atoms with Crippen molar-refractivity contribution in [1.29, 1.82) is 0 Å². The van der Waals surface area contributed by atoms with Crippen LogP contribution >= 0.6 is 11.3 Å². The summed E-state index contributed by atoms with van der Waals surface area (Å²) in [5.41, 5.74) is 9.04. The first-order valence-electron chi connectivity index (χ1n) is 7.05. The van der Waals surface area contributed by atoms with Gasteiger partial charge in [-0.3, -0.25) is 0 Å². The summed E-state index contributed by atoms with van der Waals surface area (Å²) in [5, 5.41) is 0.591. The number of methoxy groups -OCH3 is 1. The van der Waals surface area contributed by atoms with Crippen LogP contribution in [-0.2, 0) is 24.2 Å². The predicted octanol–water partition coefficient (Wildman–Crippen LogP) is 1.26. The Bertz CT molecular complexity index is 652. The number of thiophene rings is 1. The summed E-state index contributed by atoms with van der Waals surface area (Å²) in [5.74, 6) is -0.309. The first kappa shape index (κ1) is 14.1. The molecule has 0 radical (unpaired) electrons. The number of hydrogen-bond acceptors (Lipinski definition) is 4. The number of carbonyl (C=O) groups is 1. The van der Waals surface area contributed by atoms with Crippen molar-refractivity contribution in [3.8, 4) is 0 Å². The lowest BCUT2D eigenvalue weighted by Gasteiger charge is -2.24. The van der Waals surface area contributed by atoms with Crippen molar-refractivity contribution in [2.24, 2.45) is 0 Å². The van der Waals surface area contributed by atoms with E-state index in [0.717, 1.165) is 31.6 Å². The third kappa shape index (κ3) is 2.80. The molecule has 0 amide bonds. The number of anilines is 1. The maximum absolute atomic E-state index is 11.8. The van der Waals surface area contributed by atoms with Gasteiger partial charge in [-0.1, -0.05) is 30.3 Å². The Morgan fingerprint density at radius 3 is 2.86 bits per heavy atom. The normalized spacial score (nSPS) is 17.3. The topological polar surface area (TPSA) is 56.8 Å². The van der Waals surface area contributed by atoms with Crippen LogP contribution in [0.3, 0.4) is 0 Å². The zero-order chi connectivity index (χ0) is 14.8. The van der Waals surface area contributed by atoms with Gasteiger partial charge in [0.05, 0.1) is 24.1 Å². The molecule has 1 aliphatic rings. The third-order valence-electron chi connectivity index (χ3n) is 3.94. The number of carbonyl (C=O) groups excluding carboxylic acids is 1. The molecule has 0 bridgehead atoms. The molecule has 5 heteroatoms. The SMILES string of the molecule is COC(=O)c1c(N)sc2c1CC[NH+](Cc1ccccc1)C2. The van der Waals surface area contributed by atoms with Gasteiger partial charge in [0.1, 0.15) is 18.1 Å². The van der Waals surface area contributed by atoms with Gasteiger partial charge in [0, 0.05) is 12.0 Å². The number of ether oxygens (including phenoxy) is 1. The fourth-order valence-electron chi connectivity index (χ4n) is 2.92. The molecule has 1 unspecified atom stereocenters. The van der Waals surface area contributed by atoms with E-state index < -0.39 is 0 Å². The minimum absolute atomic E-state index is 0.309. The molecule has 1 aromatic heterocycles. The average Bonchev–Trinajstić information content (AvgIpc) is 2.82. The van der Waals surface area contributed by atoms with Gasteiger partial charge in [0.15, 0.2) is 0 Å². The van der Waals surface area contributed by atoms with E-state index in [1.807, 2.05) is 6.07 Å². The van der Waals surface area contributed by atoms with E-state index in [0.29, 0.717) is 10.6 Å². The second-order valence-electron chi connectivity index (χ2n) is 5.32.